The molecule has 0 aliphatic heterocycles. The Hall–Kier alpha value is -2.56. The van der Waals surface area contributed by atoms with Gasteiger partial charge in [0, 0.05) is 12.8 Å². The molecule has 0 saturated heterocycles. The zero-order valence-corrected chi connectivity index (χ0v) is 35.9. The van der Waals surface area contributed by atoms with Crippen LogP contribution in [0.1, 0.15) is 181 Å². The van der Waals surface area contributed by atoms with Crippen LogP contribution in [0.5, 0.6) is 0 Å². The topological polar surface area (TPSA) is 172 Å². The summed E-state index contributed by atoms with van der Waals surface area (Å²) in [5, 5.41) is 8.89. The van der Waals surface area contributed by atoms with Gasteiger partial charge in [0.05, 0.1) is 13.2 Å². The van der Waals surface area contributed by atoms with Crippen LogP contribution in [0.15, 0.2) is 48.6 Å². The first-order valence-electron chi connectivity index (χ1n) is 21.7. The van der Waals surface area contributed by atoms with Gasteiger partial charge in [0.2, 0.25) is 0 Å². The second kappa shape index (κ2) is 39.3. The second-order valence-corrected chi connectivity index (χ2v) is 15.9. The van der Waals surface area contributed by atoms with Gasteiger partial charge in [-0.05, 0) is 51.4 Å². The van der Waals surface area contributed by atoms with Crippen LogP contribution in [0.2, 0.25) is 0 Å². The van der Waals surface area contributed by atoms with E-state index in [2.05, 4.69) is 67.0 Å². The highest BCUT2D eigenvalue weighted by molar-refractivity contribution is 7.47. The number of aliphatic carboxylic acids is 1. The Morgan fingerprint density at radius 3 is 1.50 bits per heavy atom. The molecule has 0 heterocycles. The summed E-state index contributed by atoms with van der Waals surface area (Å²) >= 11 is 0. The van der Waals surface area contributed by atoms with Crippen LogP contribution in [-0.2, 0) is 37.5 Å². The van der Waals surface area contributed by atoms with Crippen LogP contribution < -0.4 is 5.73 Å². The smallest absolute Gasteiger partial charge is 0.472 e. The van der Waals surface area contributed by atoms with Crippen molar-refractivity contribution in [3.63, 3.8) is 0 Å². The maximum absolute atomic E-state index is 12.6. The minimum absolute atomic E-state index is 0.133. The van der Waals surface area contributed by atoms with Crippen molar-refractivity contribution in [3.05, 3.63) is 48.6 Å². The molecule has 11 nitrogen and oxygen atoms in total. The highest BCUT2D eigenvalue weighted by Gasteiger charge is 2.28. The molecule has 4 N–H and O–H groups in total. The Labute approximate surface area is 339 Å². The van der Waals surface area contributed by atoms with Gasteiger partial charge < -0.3 is 25.2 Å². The van der Waals surface area contributed by atoms with Crippen LogP contribution in [-0.4, -0.2) is 59.9 Å². The Morgan fingerprint density at radius 1 is 0.571 bits per heavy atom. The van der Waals surface area contributed by atoms with E-state index in [-0.39, 0.29) is 19.4 Å². The number of phosphoric acid groups is 1. The van der Waals surface area contributed by atoms with Gasteiger partial charge in [-0.1, -0.05) is 165 Å². The van der Waals surface area contributed by atoms with E-state index in [1.807, 2.05) is 0 Å². The molecular formula is C44H78NO10P. The largest absolute Gasteiger partial charge is 0.480 e. The Morgan fingerprint density at radius 2 is 1.00 bits per heavy atom. The lowest BCUT2D eigenvalue weighted by atomic mass is 10.0. The van der Waals surface area contributed by atoms with Gasteiger partial charge in [-0.15, -0.1) is 0 Å². The fourth-order valence-electron chi connectivity index (χ4n) is 5.70. The first-order valence-corrected chi connectivity index (χ1v) is 23.2. The number of carboxylic acid groups (broad SMARTS) is 1. The number of carbonyl (C=O) groups is 3. The van der Waals surface area contributed by atoms with Gasteiger partial charge in [0.25, 0.3) is 0 Å². The van der Waals surface area contributed by atoms with E-state index < -0.39 is 51.1 Å². The van der Waals surface area contributed by atoms with E-state index in [0.29, 0.717) is 12.8 Å². The normalized spacial score (nSPS) is 14.2. The predicted octanol–water partition coefficient (Wildman–Crippen LogP) is 11.4. The summed E-state index contributed by atoms with van der Waals surface area (Å²) in [6, 6.07) is -1.53. The molecule has 0 rings (SSSR count). The lowest BCUT2D eigenvalue weighted by molar-refractivity contribution is -0.161. The number of carboxylic acids is 1. The SMILES string of the molecule is CC/C=C\C/C=C\C/C=C\C/C=C\CCCCCCC(=O)OC(COC(=O)CCCCCCCCCCCCCCCCC)COP(=O)(O)OCC(N)C(=O)O. The quantitative estimate of drug-likeness (QED) is 0.0233. The Bertz CT molecular complexity index is 1140. The number of hydrogen-bond acceptors (Lipinski definition) is 9. The summed E-state index contributed by atoms with van der Waals surface area (Å²) in [4.78, 5) is 45.9. The molecule has 0 spiro atoms. The number of ether oxygens (including phenoxy) is 2. The van der Waals surface area contributed by atoms with Crippen LogP contribution in [0, 0.1) is 0 Å². The van der Waals surface area contributed by atoms with Crippen molar-refractivity contribution >= 4 is 25.7 Å². The van der Waals surface area contributed by atoms with Gasteiger partial charge in [-0.25, -0.2) is 4.57 Å². The number of esters is 2. The van der Waals surface area contributed by atoms with E-state index in [0.717, 1.165) is 70.6 Å². The molecule has 0 amide bonds. The van der Waals surface area contributed by atoms with Crippen LogP contribution in [0.3, 0.4) is 0 Å². The summed E-state index contributed by atoms with van der Waals surface area (Å²) in [5.41, 5.74) is 5.33. The molecular weight excluding hydrogens is 733 g/mol. The molecule has 3 atom stereocenters. The van der Waals surface area contributed by atoms with Crippen molar-refractivity contribution in [1.29, 1.82) is 0 Å². The standard InChI is InChI=1S/C44H78NO10P/c1-3-5-7-9-11-13-15-17-19-20-22-24-26-28-30-32-34-36-43(47)55-40(38-53-56(50,51)54-39-41(45)44(48)49)37-52-42(46)35-33-31-29-27-25-23-21-18-16-14-12-10-8-6-4-2/h5,7,11,13,17,19,22,24,40-41H,3-4,6,8-10,12,14-16,18,20-21,23,25-39,45H2,1-2H3,(H,48,49)(H,50,51)/b7-5-,13-11-,19-17-,24-22-. The van der Waals surface area contributed by atoms with Crippen molar-refractivity contribution < 1.29 is 47.5 Å². The monoisotopic (exact) mass is 812 g/mol. The van der Waals surface area contributed by atoms with Gasteiger partial charge in [0.15, 0.2) is 6.10 Å². The summed E-state index contributed by atoms with van der Waals surface area (Å²) < 4.78 is 32.7. The third-order valence-electron chi connectivity index (χ3n) is 9.09. The van der Waals surface area contributed by atoms with Gasteiger partial charge >= 0.3 is 25.7 Å². The molecule has 3 unspecified atom stereocenters. The summed E-state index contributed by atoms with van der Waals surface area (Å²) in [6.07, 6.45) is 43.1. The molecule has 0 aromatic rings. The lowest BCUT2D eigenvalue weighted by Gasteiger charge is -2.20. The lowest BCUT2D eigenvalue weighted by Crippen LogP contribution is -2.34. The minimum atomic E-state index is -4.72. The van der Waals surface area contributed by atoms with Gasteiger partial charge in [0.1, 0.15) is 12.6 Å². The van der Waals surface area contributed by atoms with E-state index in [4.69, 9.17) is 24.8 Å². The first-order chi connectivity index (χ1) is 27.1. The predicted molar refractivity (Wildman–Crippen MR) is 226 cm³/mol. The summed E-state index contributed by atoms with van der Waals surface area (Å²) in [6.45, 7) is 2.67. The molecule has 12 heteroatoms. The first kappa shape index (κ1) is 53.4. The average molecular weight is 812 g/mol. The number of carbonyl (C=O) groups excluding carboxylic acids is 2. The summed E-state index contributed by atoms with van der Waals surface area (Å²) in [7, 11) is -4.72. The fourth-order valence-corrected chi connectivity index (χ4v) is 6.48. The second-order valence-electron chi connectivity index (χ2n) is 14.5. The maximum atomic E-state index is 12.6. The van der Waals surface area contributed by atoms with E-state index in [1.54, 1.807) is 0 Å². The van der Waals surface area contributed by atoms with Crippen LogP contribution in [0.25, 0.3) is 0 Å². The average Bonchev–Trinajstić information content (AvgIpc) is 3.17. The van der Waals surface area contributed by atoms with Crippen molar-refractivity contribution in [2.75, 3.05) is 19.8 Å². The highest BCUT2D eigenvalue weighted by atomic mass is 31.2. The number of unbranched alkanes of at least 4 members (excludes halogenated alkanes) is 18. The third kappa shape index (κ3) is 38.3. The minimum Gasteiger partial charge on any atom is -0.480 e. The van der Waals surface area contributed by atoms with Crippen LogP contribution >= 0.6 is 7.82 Å². The zero-order chi connectivity index (χ0) is 41.4. The van der Waals surface area contributed by atoms with Gasteiger partial charge in [-0.3, -0.25) is 23.4 Å². The number of rotatable bonds is 40. The molecule has 324 valence electrons. The maximum Gasteiger partial charge on any atom is 0.472 e. The number of phosphoric ester groups is 1. The molecule has 0 radical (unpaired) electrons. The van der Waals surface area contributed by atoms with Crippen molar-refractivity contribution in [2.24, 2.45) is 5.73 Å². The number of allylic oxidation sites excluding steroid dienone is 8. The molecule has 0 aliphatic carbocycles. The third-order valence-corrected chi connectivity index (χ3v) is 10.0. The molecule has 56 heavy (non-hydrogen) atoms. The van der Waals surface area contributed by atoms with Crippen molar-refractivity contribution in [1.82, 2.24) is 0 Å². The number of nitrogens with two attached hydrogens (primary N) is 1. The molecule has 0 fully saturated rings. The van der Waals surface area contributed by atoms with E-state index in [1.165, 1.54) is 70.6 Å². The van der Waals surface area contributed by atoms with Crippen molar-refractivity contribution in [3.8, 4) is 0 Å². The molecule has 0 bridgehead atoms. The van der Waals surface area contributed by atoms with Gasteiger partial charge in [-0.2, -0.15) is 0 Å². The van der Waals surface area contributed by atoms with E-state index >= 15 is 0 Å². The Kier molecular flexibility index (Phi) is 37.5. The fraction of sp³-hybridized carbons (Fsp3) is 0.750. The van der Waals surface area contributed by atoms with Crippen LogP contribution in [0.4, 0.5) is 0 Å². The highest BCUT2D eigenvalue weighted by Crippen LogP contribution is 2.43. The summed E-state index contributed by atoms with van der Waals surface area (Å²) in [5.74, 6) is -2.41. The molecule has 0 aliphatic rings. The van der Waals surface area contributed by atoms with E-state index in [9.17, 15) is 23.8 Å². The molecule has 0 saturated carbocycles. The zero-order valence-electron chi connectivity index (χ0n) is 35.0. The molecule has 0 aromatic carbocycles. The molecule has 0 aromatic heterocycles. The number of hydrogen-bond donors (Lipinski definition) is 3. The Balaban J connectivity index is 4.41. The van der Waals surface area contributed by atoms with Crippen molar-refractivity contribution in [2.45, 2.75) is 193 Å².